The normalized spacial score (nSPS) is 11.8. The summed E-state index contributed by atoms with van der Waals surface area (Å²) < 4.78 is 31.8. The Bertz CT molecular complexity index is 1610. The Morgan fingerprint density at radius 1 is 1.12 bits per heavy atom. The number of nitrogens with one attached hydrogen (secondary N) is 1. The van der Waals surface area contributed by atoms with Crippen molar-refractivity contribution < 1.29 is 8.42 Å². The second-order valence-corrected chi connectivity index (χ2v) is 10.2. The Hall–Kier alpha value is -3.61. The molecule has 0 aliphatic rings. The Balaban J connectivity index is 1.50. The van der Waals surface area contributed by atoms with E-state index in [0.717, 1.165) is 15.7 Å². The zero-order valence-electron chi connectivity index (χ0n) is 17.9. The van der Waals surface area contributed by atoms with Crippen molar-refractivity contribution in [1.82, 2.24) is 33.8 Å². The van der Waals surface area contributed by atoms with Gasteiger partial charge < -0.3 is 10.3 Å². The first kappa shape index (κ1) is 22.2. The number of hydrogen-bond donors (Lipinski definition) is 2. The Labute approximate surface area is 203 Å². The van der Waals surface area contributed by atoms with E-state index >= 15 is 0 Å². The minimum absolute atomic E-state index is 0.0209. The summed E-state index contributed by atoms with van der Waals surface area (Å²) in [7, 11) is -1.99. The topological polar surface area (TPSA) is 134 Å². The molecule has 0 atom stereocenters. The highest BCUT2D eigenvalue weighted by molar-refractivity contribution is 9.10. The van der Waals surface area contributed by atoms with Crippen LogP contribution in [0.3, 0.4) is 0 Å². The van der Waals surface area contributed by atoms with Crippen LogP contribution in [0.15, 0.2) is 76.9 Å². The molecule has 4 heterocycles. The third-order valence-electron chi connectivity index (χ3n) is 5.16. The van der Waals surface area contributed by atoms with Gasteiger partial charge in [-0.15, -0.1) is 0 Å². The highest BCUT2D eigenvalue weighted by Crippen LogP contribution is 2.31. The molecule has 0 unspecified atom stereocenters. The van der Waals surface area contributed by atoms with E-state index in [2.05, 4.69) is 35.6 Å². The molecule has 0 aliphatic carbocycles. The van der Waals surface area contributed by atoms with Crippen LogP contribution < -0.4 is 10.5 Å². The van der Waals surface area contributed by atoms with Crippen LogP contribution in [0.5, 0.6) is 0 Å². The summed E-state index contributed by atoms with van der Waals surface area (Å²) in [5.74, 6) is 0.966. The second kappa shape index (κ2) is 8.63. The van der Waals surface area contributed by atoms with Crippen LogP contribution in [-0.2, 0) is 23.6 Å². The number of aryl methyl sites for hydroxylation is 1. The van der Waals surface area contributed by atoms with Crippen molar-refractivity contribution in [2.75, 3.05) is 5.73 Å². The van der Waals surface area contributed by atoms with Gasteiger partial charge in [0.15, 0.2) is 16.5 Å². The summed E-state index contributed by atoms with van der Waals surface area (Å²) in [5.41, 5.74) is 9.76. The van der Waals surface area contributed by atoms with Crippen LogP contribution in [-0.4, -0.2) is 37.5 Å². The number of hydrogen-bond acceptors (Lipinski definition) is 7. The first-order valence-corrected chi connectivity index (χ1v) is 12.4. The van der Waals surface area contributed by atoms with Gasteiger partial charge in [-0.1, -0.05) is 12.1 Å². The zero-order valence-corrected chi connectivity index (χ0v) is 20.3. The second-order valence-electron chi connectivity index (χ2n) is 7.57. The molecular formula is C22H19BrN8O2S. The smallest absolute Gasteiger partial charge is 0.259 e. The molecule has 1 aromatic carbocycles. The summed E-state index contributed by atoms with van der Waals surface area (Å²) in [4.78, 5) is 17.4. The highest BCUT2D eigenvalue weighted by atomic mass is 79.9. The van der Waals surface area contributed by atoms with Gasteiger partial charge >= 0.3 is 0 Å². The fourth-order valence-electron chi connectivity index (χ4n) is 3.51. The molecule has 0 aliphatic heterocycles. The lowest BCUT2D eigenvalue weighted by Gasteiger charge is -2.11. The summed E-state index contributed by atoms with van der Waals surface area (Å²) in [5, 5.41) is -0.0209. The van der Waals surface area contributed by atoms with E-state index in [-0.39, 0.29) is 11.6 Å². The van der Waals surface area contributed by atoms with Crippen LogP contribution in [0.4, 0.5) is 5.82 Å². The molecule has 12 heteroatoms. The average molecular weight is 539 g/mol. The molecule has 0 spiro atoms. The molecule has 10 nitrogen and oxygen atoms in total. The van der Waals surface area contributed by atoms with Gasteiger partial charge in [0.05, 0.1) is 11.9 Å². The predicted octanol–water partition coefficient (Wildman–Crippen LogP) is 3.04. The van der Waals surface area contributed by atoms with Gasteiger partial charge in [0.1, 0.15) is 11.3 Å². The maximum atomic E-state index is 12.5. The van der Waals surface area contributed by atoms with E-state index in [9.17, 15) is 8.42 Å². The highest BCUT2D eigenvalue weighted by Gasteiger charge is 2.19. The summed E-state index contributed by atoms with van der Waals surface area (Å²) in [6, 6.07) is 13.0. The van der Waals surface area contributed by atoms with Crippen LogP contribution in [0.1, 0.15) is 5.56 Å². The molecule has 0 fully saturated rings. The van der Waals surface area contributed by atoms with E-state index in [1.54, 1.807) is 30.1 Å². The molecule has 34 heavy (non-hydrogen) atoms. The fraction of sp³-hybridized carbons (Fsp3) is 0.0909. The van der Waals surface area contributed by atoms with Gasteiger partial charge in [-0.25, -0.2) is 33.1 Å². The number of aromatic nitrogens is 6. The first-order valence-electron chi connectivity index (χ1n) is 10.1. The number of nitrogen functional groups attached to an aromatic ring is 1. The summed E-state index contributed by atoms with van der Waals surface area (Å²) >= 11 is 3.44. The molecule has 4 aromatic heterocycles. The van der Waals surface area contributed by atoms with E-state index < -0.39 is 10.0 Å². The van der Waals surface area contributed by atoms with Gasteiger partial charge in [0, 0.05) is 42.3 Å². The Morgan fingerprint density at radius 2 is 1.91 bits per heavy atom. The fourth-order valence-corrected chi connectivity index (χ4v) is 4.83. The van der Waals surface area contributed by atoms with Crippen molar-refractivity contribution in [1.29, 1.82) is 0 Å². The zero-order chi connectivity index (χ0) is 23.9. The molecule has 172 valence electrons. The minimum atomic E-state index is -3.70. The molecule has 0 radical (unpaired) electrons. The van der Waals surface area contributed by atoms with Gasteiger partial charge in [0.25, 0.3) is 10.0 Å². The summed E-state index contributed by atoms with van der Waals surface area (Å²) in [6.07, 6.45) is 6.23. The number of anilines is 1. The molecule has 5 rings (SSSR count). The Kier molecular flexibility index (Phi) is 5.63. The molecule has 0 saturated heterocycles. The minimum Gasteiger partial charge on any atom is -0.383 e. The van der Waals surface area contributed by atoms with Crippen molar-refractivity contribution in [3.8, 4) is 17.1 Å². The number of nitrogens with zero attached hydrogens (tertiary/aromatic N) is 6. The van der Waals surface area contributed by atoms with Crippen molar-refractivity contribution in [2.24, 2.45) is 7.05 Å². The lowest BCUT2D eigenvalue weighted by Crippen LogP contribution is -2.23. The number of benzene rings is 1. The van der Waals surface area contributed by atoms with E-state index in [1.807, 2.05) is 41.0 Å². The van der Waals surface area contributed by atoms with Crippen LogP contribution in [0, 0.1) is 0 Å². The van der Waals surface area contributed by atoms with Crippen LogP contribution >= 0.6 is 15.9 Å². The number of imidazole rings is 2. The lowest BCUT2D eigenvalue weighted by molar-refractivity contribution is 0.578. The monoisotopic (exact) mass is 538 g/mol. The van der Waals surface area contributed by atoms with Crippen molar-refractivity contribution in [2.45, 2.75) is 11.6 Å². The first-order chi connectivity index (χ1) is 16.3. The number of sulfonamides is 1. The number of fused-ring (bicyclic) bond motifs is 1. The number of rotatable bonds is 6. The standard InChI is InChI=1S/C22H19BrN8O2S/c1-30-12-19(27-13-30)34(32,33)28-10-14-4-6-16(7-5-14)31-21(17-3-2-8-25-20(17)24)29-18-9-15(23)11-26-22(18)31/h2-9,11-13,28H,10H2,1H3,(H2,24,25). The third kappa shape index (κ3) is 4.18. The van der Waals surface area contributed by atoms with Gasteiger partial charge in [0.2, 0.25) is 0 Å². The van der Waals surface area contributed by atoms with Crippen LogP contribution in [0.2, 0.25) is 0 Å². The molecule has 5 aromatic rings. The van der Waals surface area contributed by atoms with Crippen molar-refractivity contribution in [3.63, 3.8) is 0 Å². The largest absolute Gasteiger partial charge is 0.383 e. The number of pyridine rings is 2. The average Bonchev–Trinajstić information content (AvgIpc) is 3.42. The molecule has 0 saturated carbocycles. The van der Waals surface area contributed by atoms with E-state index in [1.165, 1.54) is 12.5 Å². The van der Waals surface area contributed by atoms with Gasteiger partial charge in [-0.2, -0.15) is 0 Å². The van der Waals surface area contributed by atoms with Crippen molar-refractivity contribution in [3.05, 3.63) is 77.4 Å². The molecular weight excluding hydrogens is 520 g/mol. The molecule has 0 amide bonds. The Morgan fingerprint density at radius 3 is 2.62 bits per heavy atom. The predicted molar refractivity (Wildman–Crippen MR) is 131 cm³/mol. The van der Waals surface area contributed by atoms with E-state index in [0.29, 0.717) is 28.4 Å². The molecule has 0 bridgehead atoms. The van der Waals surface area contributed by atoms with Crippen LogP contribution in [0.25, 0.3) is 28.2 Å². The quantitative estimate of drug-likeness (QED) is 0.339. The third-order valence-corrected chi connectivity index (χ3v) is 6.88. The van der Waals surface area contributed by atoms with Gasteiger partial charge in [-0.3, -0.25) is 4.57 Å². The maximum absolute atomic E-state index is 12.5. The number of nitrogens with two attached hydrogens (primary N) is 1. The van der Waals surface area contributed by atoms with E-state index in [4.69, 9.17) is 10.7 Å². The SMILES string of the molecule is Cn1cnc(S(=O)(=O)NCc2ccc(-n3c(-c4cccnc4N)nc4cc(Br)cnc43)cc2)c1. The molecule has 3 N–H and O–H groups in total. The van der Waals surface area contributed by atoms with Crippen molar-refractivity contribution >= 4 is 42.9 Å². The van der Waals surface area contributed by atoms with Gasteiger partial charge in [-0.05, 0) is 51.8 Å². The number of halogens is 1. The lowest BCUT2D eigenvalue weighted by atomic mass is 10.2. The summed E-state index contributed by atoms with van der Waals surface area (Å²) in [6.45, 7) is 0.122. The maximum Gasteiger partial charge on any atom is 0.259 e.